The molecule has 8 heteroatoms. The molecule has 0 saturated heterocycles. The van der Waals surface area contributed by atoms with Gasteiger partial charge in [-0.2, -0.15) is 0 Å². The Balaban J connectivity index is 1.76. The zero-order valence-electron chi connectivity index (χ0n) is 18.5. The summed E-state index contributed by atoms with van der Waals surface area (Å²) in [6.07, 6.45) is 6.27. The number of thioether (sulfide) groups is 1. The number of aryl methyl sites for hydroxylation is 2. The van der Waals surface area contributed by atoms with Gasteiger partial charge in [0.15, 0.2) is 16.8 Å². The lowest BCUT2D eigenvalue weighted by Gasteiger charge is -2.18. The zero-order chi connectivity index (χ0) is 22.7. The van der Waals surface area contributed by atoms with Crippen molar-refractivity contribution < 1.29 is 14.3 Å². The summed E-state index contributed by atoms with van der Waals surface area (Å²) in [5.74, 6) is 0.255. The number of methoxy groups -OCH3 is 1. The monoisotopic (exact) mass is 450 g/mol. The summed E-state index contributed by atoms with van der Waals surface area (Å²) in [6, 6.07) is 10.1. The third kappa shape index (κ3) is 3.95. The van der Waals surface area contributed by atoms with Gasteiger partial charge in [0.1, 0.15) is 5.41 Å². The lowest BCUT2D eigenvalue weighted by atomic mass is 10.0. The zero-order valence-corrected chi connectivity index (χ0v) is 19.3. The summed E-state index contributed by atoms with van der Waals surface area (Å²) in [5.41, 5.74) is 3.27. The van der Waals surface area contributed by atoms with Gasteiger partial charge in [0.05, 0.1) is 18.6 Å². The van der Waals surface area contributed by atoms with Gasteiger partial charge in [-0.15, -0.1) is 10.2 Å². The van der Waals surface area contributed by atoms with E-state index in [0.717, 1.165) is 24.1 Å². The summed E-state index contributed by atoms with van der Waals surface area (Å²) in [5, 5.41) is 9.53. The number of aromatic nitrogens is 4. The van der Waals surface area contributed by atoms with Crippen LogP contribution in [0, 0.1) is 5.41 Å². The van der Waals surface area contributed by atoms with Crippen LogP contribution in [-0.4, -0.2) is 44.4 Å². The number of pyridine rings is 1. The highest BCUT2D eigenvalue weighted by atomic mass is 32.2. The second-order valence-corrected chi connectivity index (χ2v) is 8.74. The van der Waals surface area contributed by atoms with Gasteiger partial charge in [-0.1, -0.05) is 43.8 Å². The SMILES string of the molecule is CCc1cccc(CC)c1-n1c(SCC(=O)C2(C(=O)OC)CC2)nnc1-c1cccnc1. The van der Waals surface area contributed by atoms with E-state index in [1.807, 2.05) is 16.7 Å². The van der Waals surface area contributed by atoms with Crippen molar-refractivity contribution in [1.29, 1.82) is 0 Å². The smallest absolute Gasteiger partial charge is 0.319 e. The fourth-order valence-corrected chi connectivity index (χ4v) is 4.88. The second kappa shape index (κ2) is 9.24. The van der Waals surface area contributed by atoms with Crippen molar-refractivity contribution in [2.75, 3.05) is 12.9 Å². The van der Waals surface area contributed by atoms with Gasteiger partial charge in [-0.25, -0.2) is 0 Å². The molecule has 2 heterocycles. The number of ketones is 1. The molecule has 7 nitrogen and oxygen atoms in total. The maximum atomic E-state index is 12.9. The molecule has 0 spiro atoms. The van der Waals surface area contributed by atoms with Gasteiger partial charge >= 0.3 is 5.97 Å². The third-order valence-corrected chi connectivity index (χ3v) is 6.86. The van der Waals surface area contributed by atoms with Crippen molar-refractivity contribution in [3.8, 4) is 17.1 Å². The van der Waals surface area contributed by atoms with E-state index in [-0.39, 0.29) is 11.5 Å². The summed E-state index contributed by atoms with van der Waals surface area (Å²) in [7, 11) is 1.33. The molecule has 0 aliphatic heterocycles. The molecule has 0 amide bonds. The predicted molar refractivity (Wildman–Crippen MR) is 123 cm³/mol. The van der Waals surface area contributed by atoms with E-state index in [9.17, 15) is 9.59 Å². The molecule has 0 radical (unpaired) electrons. The van der Waals surface area contributed by atoms with Crippen molar-refractivity contribution in [3.63, 3.8) is 0 Å². The highest BCUT2D eigenvalue weighted by molar-refractivity contribution is 7.99. The van der Waals surface area contributed by atoms with Gasteiger partial charge in [0.2, 0.25) is 0 Å². The van der Waals surface area contributed by atoms with Crippen LogP contribution in [0.15, 0.2) is 47.9 Å². The number of Topliss-reactive ketones (excluding diaryl/α,β-unsaturated/α-hetero) is 1. The minimum atomic E-state index is -0.977. The van der Waals surface area contributed by atoms with E-state index >= 15 is 0 Å². The van der Waals surface area contributed by atoms with Crippen LogP contribution < -0.4 is 0 Å². The Morgan fingerprint density at radius 3 is 2.38 bits per heavy atom. The number of ether oxygens (including phenoxy) is 1. The molecule has 166 valence electrons. The summed E-state index contributed by atoms with van der Waals surface area (Å²) in [6.45, 7) is 4.24. The molecule has 32 heavy (non-hydrogen) atoms. The van der Waals surface area contributed by atoms with Crippen LogP contribution in [0.4, 0.5) is 0 Å². The van der Waals surface area contributed by atoms with Crippen LogP contribution in [0.3, 0.4) is 0 Å². The fraction of sp³-hybridized carbons (Fsp3) is 0.375. The van der Waals surface area contributed by atoms with Crippen molar-refractivity contribution in [2.45, 2.75) is 44.7 Å². The predicted octanol–water partition coefficient (Wildman–Crippen LogP) is 4.07. The maximum absolute atomic E-state index is 12.9. The van der Waals surface area contributed by atoms with Gasteiger partial charge in [0.25, 0.3) is 0 Å². The molecule has 0 N–H and O–H groups in total. The van der Waals surface area contributed by atoms with Crippen LogP contribution in [0.5, 0.6) is 0 Å². The van der Waals surface area contributed by atoms with Gasteiger partial charge in [-0.3, -0.25) is 19.1 Å². The quantitative estimate of drug-likeness (QED) is 0.276. The Morgan fingerprint density at radius 2 is 1.81 bits per heavy atom. The Bertz CT molecular complexity index is 1120. The van der Waals surface area contributed by atoms with Crippen LogP contribution in [0.25, 0.3) is 17.1 Å². The number of esters is 1. The lowest BCUT2D eigenvalue weighted by Crippen LogP contribution is -2.28. The van der Waals surface area contributed by atoms with Crippen molar-refractivity contribution in [3.05, 3.63) is 53.9 Å². The summed E-state index contributed by atoms with van der Waals surface area (Å²) in [4.78, 5) is 29.2. The molecule has 0 unspecified atom stereocenters. The van der Waals surface area contributed by atoms with Crippen LogP contribution >= 0.6 is 11.8 Å². The number of hydrogen-bond acceptors (Lipinski definition) is 7. The van der Waals surface area contributed by atoms with Crippen LogP contribution in [-0.2, 0) is 27.2 Å². The number of rotatable bonds is 9. The molecular weight excluding hydrogens is 424 g/mol. The van der Waals surface area contributed by atoms with Gasteiger partial charge in [-0.05, 0) is 48.9 Å². The molecule has 1 saturated carbocycles. The van der Waals surface area contributed by atoms with E-state index < -0.39 is 11.4 Å². The minimum absolute atomic E-state index is 0.119. The average molecular weight is 451 g/mol. The molecule has 0 bridgehead atoms. The average Bonchev–Trinajstić information content (AvgIpc) is 3.56. The Hall–Kier alpha value is -3.00. The molecular formula is C24H26N4O3S. The van der Waals surface area contributed by atoms with Crippen LogP contribution in [0.1, 0.15) is 37.8 Å². The van der Waals surface area contributed by atoms with E-state index in [0.29, 0.717) is 23.8 Å². The fourth-order valence-electron chi connectivity index (χ4n) is 3.93. The summed E-state index contributed by atoms with van der Waals surface area (Å²) >= 11 is 1.31. The molecule has 1 aromatic carbocycles. The van der Waals surface area contributed by atoms with E-state index in [2.05, 4.69) is 47.2 Å². The first kappa shape index (κ1) is 22.2. The Labute approximate surface area is 191 Å². The Kier molecular flexibility index (Phi) is 6.41. The number of para-hydroxylation sites is 1. The molecule has 2 aromatic heterocycles. The normalized spacial score (nSPS) is 14.2. The van der Waals surface area contributed by atoms with E-state index in [4.69, 9.17) is 4.74 Å². The van der Waals surface area contributed by atoms with Crippen LogP contribution in [0.2, 0.25) is 0 Å². The lowest BCUT2D eigenvalue weighted by molar-refractivity contribution is -0.150. The molecule has 1 aliphatic carbocycles. The summed E-state index contributed by atoms with van der Waals surface area (Å²) < 4.78 is 6.89. The number of benzene rings is 1. The minimum Gasteiger partial charge on any atom is -0.468 e. The topological polar surface area (TPSA) is 87.0 Å². The second-order valence-electron chi connectivity index (χ2n) is 7.80. The van der Waals surface area contributed by atoms with Crippen molar-refractivity contribution in [2.24, 2.45) is 5.41 Å². The first-order valence-electron chi connectivity index (χ1n) is 10.8. The highest BCUT2D eigenvalue weighted by Crippen LogP contribution is 2.48. The van der Waals surface area contributed by atoms with Crippen molar-refractivity contribution >= 4 is 23.5 Å². The molecule has 3 aromatic rings. The first-order chi connectivity index (χ1) is 15.6. The number of carbonyl (C=O) groups excluding carboxylic acids is 2. The number of hydrogen-bond donors (Lipinski definition) is 0. The van der Waals surface area contributed by atoms with E-state index in [1.165, 1.54) is 30.0 Å². The number of nitrogens with zero attached hydrogens (tertiary/aromatic N) is 4. The highest BCUT2D eigenvalue weighted by Gasteiger charge is 2.57. The molecule has 4 rings (SSSR count). The van der Waals surface area contributed by atoms with Crippen molar-refractivity contribution in [1.82, 2.24) is 19.7 Å². The molecule has 0 atom stereocenters. The standard InChI is InChI=1S/C24H26N4O3S/c1-4-16-8-6-9-17(5-2)20(16)28-21(18-10-7-13-25-14-18)26-27-23(28)32-15-19(29)24(11-12-24)22(30)31-3/h6-10,13-14H,4-5,11-12,15H2,1-3H3. The van der Waals surface area contributed by atoms with Gasteiger partial charge < -0.3 is 4.74 Å². The molecule has 1 fully saturated rings. The number of carbonyl (C=O) groups is 2. The van der Waals surface area contributed by atoms with E-state index in [1.54, 1.807) is 12.4 Å². The molecule has 1 aliphatic rings. The first-order valence-corrected chi connectivity index (χ1v) is 11.8. The maximum Gasteiger partial charge on any atom is 0.319 e. The van der Waals surface area contributed by atoms with Gasteiger partial charge in [0, 0.05) is 18.0 Å². The third-order valence-electron chi connectivity index (χ3n) is 5.93. The Morgan fingerprint density at radius 1 is 1.09 bits per heavy atom. The largest absolute Gasteiger partial charge is 0.468 e.